The average Bonchev–Trinajstić information content (AvgIpc) is 2.33. The molecule has 1 heterocycles. The summed E-state index contributed by atoms with van der Waals surface area (Å²) >= 11 is 5.81. The van der Waals surface area contributed by atoms with Crippen LogP contribution in [0.25, 0.3) is 0 Å². The van der Waals surface area contributed by atoms with Gasteiger partial charge in [0.1, 0.15) is 5.82 Å². The molecule has 1 saturated heterocycles. The predicted octanol–water partition coefficient (Wildman–Crippen LogP) is 1.94. The lowest BCUT2D eigenvalue weighted by atomic mass is 9.98. The molecule has 2 rings (SSSR count). The van der Waals surface area contributed by atoms with Crippen molar-refractivity contribution in [2.75, 3.05) is 11.9 Å². The summed E-state index contributed by atoms with van der Waals surface area (Å²) in [6.45, 7) is 0.323. The van der Waals surface area contributed by atoms with Crippen LogP contribution in [0.3, 0.4) is 0 Å². The maximum absolute atomic E-state index is 12.8. The molecule has 18 heavy (non-hydrogen) atoms. The first kappa shape index (κ1) is 12.8. The smallest absolute Gasteiger partial charge is 0.229 e. The number of amides is 2. The second-order valence-electron chi connectivity index (χ2n) is 4.15. The zero-order valence-electron chi connectivity index (χ0n) is 9.50. The number of carbonyl (C=O) groups is 2. The number of hydrogen-bond acceptors (Lipinski definition) is 2. The summed E-state index contributed by atoms with van der Waals surface area (Å²) in [6.07, 6.45) is 0.853. The van der Waals surface area contributed by atoms with Gasteiger partial charge in [-0.1, -0.05) is 11.6 Å². The molecule has 0 saturated carbocycles. The summed E-state index contributed by atoms with van der Waals surface area (Å²) in [5.41, 5.74) is 0.375. The third-order valence-electron chi connectivity index (χ3n) is 2.83. The van der Waals surface area contributed by atoms with Crippen molar-refractivity contribution in [2.45, 2.75) is 12.8 Å². The fourth-order valence-electron chi connectivity index (χ4n) is 1.78. The summed E-state index contributed by atoms with van der Waals surface area (Å²) < 4.78 is 12.8. The van der Waals surface area contributed by atoms with Gasteiger partial charge >= 0.3 is 0 Å². The minimum absolute atomic E-state index is 0.0427. The van der Waals surface area contributed by atoms with E-state index in [2.05, 4.69) is 10.6 Å². The van der Waals surface area contributed by atoms with Crippen LogP contribution in [0.2, 0.25) is 5.02 Å². The van der Waals surface area contributed by atoms with Gasteiger partial charge in [-0.15, -0.1) is 0 Å². The summed E-state index contributed by atoms with van der Waals surface area (Å²) in [5.74, 6) is -0.992. The lowest BCUT2D eigenvalue weighted by Crippen LogP contribution is -2.40. The Balaban J connectivity index is 2.00. The zero-order chi connectivity index (χ0) is 13.1. The Kier molecular flexibility index (Phi) is 3.81. The van der Waals surface area contributed by atoms with Gasteiger partial charge in [0.2, 0.25) is 11.8 Å². The molecule has 1 unspecified atom stereocenters. The molecule has 0 radical (unpaired) electrons. The summed E-state index contributed by atoms with van der Waals surface area (Å²) in [6, 6.07) is 3.78. The van der Waals surface area contributed by atoms with Crippen molar-refractivity contribution < 1.29 is 14.0 Å². The number of rotatable bonds is 2. The van der Waals surface area contributed by atoms with E-state index < -0.39 is 5.82 Å². The van der Waals surface area contributed by atoms with Crippen LogP contribution in [0.5, 0.6) is 0 Å². The average molecular weight is 271 g/mol. The van der Waals surface area contributed by atoms with Gasteiger partial charge in [0.05, 0.1) is 16.6 Å². The molecule has 0 aliphatic carbocycles. The maximum Gasteiger partial charge on any atom is 0.229 e. The number of benzene rings is 1. The SMILES string of the molecule is O=C1CCC(C(=O)Nc2ccc(F)cc2Cl)CN1. The first-order valence-corrected chi connectivity index (χ1v) is 5.96. The number of carbonyl (C=O) groups excluding carboxylic acids is 2. The molecule has 0 aromatic heterocycles. The molecule has 0 spiro atoms. The van der Waals surface area contributed by atoms with E-state index in [1.54, 1.807) is 0 Å². The minimum Gasteiger partial charge on any atom is -0.355 e. The van der Waals surface area contributed by atoms with Crippen molar-refractivity contribution in [3.05, 3.63) is 29.0 Å². The molecule has 1 aromatic carbocycles. The number of hydrogen-bond donors (Lipinski definition) is 2. The highest BCUT2D eigenvalue weighted by Gasteiger charge is 2.24. The highest BCUT2D eigenvalue weighted by molar-refractivity contribution is 6.33. The first-order valence-electron chi connectivity index (χ1n) is 5.59. The third-order valence-corrected chi connectivity index (χ3v) is 3.14. The van der Waals surface area contributed by atoms with Crippen molar-refractivity contribution >= 4 is 29.1 Å². The lowest BCUT2D eigenvalue weighted by molar-refractivity contribution is -0.126. The maximum atomic E-state index is 12.8. The number of anilines is 1. The van der Waals surface area contributed by atoms with Crippen molar-refractivity contribution in [2.24, 2.45) is 5.92 Å². The van der Waals surface area contributed by atoms with E-state index in [9.17, 15) is 14.0 Å². The van der Waals surface area contributed by atoms with Gasteiger partial charge in [-0.05, 0) is 24.6 Å². The van der Waals surface area contributed by atoms with E-state index in [1.807, 2.05) is 0 Å². The number of piperidine rings is 1. The highest BCUT2D eigenvalue weighted by atomic mass is 35.5. The Hall–Kier alpha value is -1.62. The van der Waals surface area contributed by atoms with E-state index in [-0.39, 0.29) is 22.8 Å². The van der Waals surface area contributed by atoms with Crippen LogP contribution in [-0.2, 0) is 9.59 Å². The molecule has 4 nitrogen and oxygen atoms in total. The molecule has 1 aromatic rings. The van der Waals surface area contributed by atoms with E-state index in [1.165, 1.54) is 12.1 Å². The van der Waals surface area contributed by atoms with Crippen LogP contribution in [0, 0.1) is 11.7 Å². The van der Waals surface area contributed by atoms with E-state index in [0.29, 0.717) is 25.1 Å². The van der Waals surface area contributed by atoms with E-state index in [0.717, 1.165) is 6.07 Å². The normalized spacial score (nSPS) is 19.2. The van der Waals surface area contributed by atoms with Gasteiger partial charge in [-0.2, -0.15) is 0 Å². The number of nitrogens with one attached hydrogen (secondary N) is 2. The van der Waals surface area contributed by atoms with Gasteiger partial charge < -0.3 is 10.6 Å². The fraction of sp³-hybridized carbons (Fsp3) is 0.333. The van der Waals surface area contributed by atoms with E-state index in [4.69, 9.17) is 11.6 Å². The second kappa shape index (κ2) is 5.35. The molecule has 0 bridgehead atoms. The fourth-order valence-corrected chi connectivity index (χ4v) is 2.00. The molecule has 1 atom stereocenters. The van der Waals surface area contributed by atoms with E-state index >= 15 is 0 Å². The van der Waals surface area contributed by atoms with Gasteiger partial charge in [0.25, 0.3) is 0 Å². The van der Waals surface area contributed by atoms with Crippen molar-refractivity contribution in [3.63, 3.8) is 0 Å². The van der Waals surface area contributed by atoms with Crippen LogP contribution in [0.1, 0.15) is 12.8 Å². The molecule has 96 valence electrons. The lowest BCUT2D eigenvalue weighted by Gasteiger charge is -2.21. The molecule has 2 amide bonds. The van der Waals surface area contributed by atoms with Crippen molar-refractivity contribution in [3.8, 4) is 0 Å². The second-order valence-corrected chi connectivity index (χ2v) is 4.56. The minimum atomic E-state index is -0.456. The summed E-state index contributed by atoms with van der Waals surface area (Å²) in [4.78, 5) is 22.9. The molecule has 1 fully saturated rings. The topological polar surface area (TPSA) is 58.2 Å². The van der Waals surface area contributed by atoms with Crippen LogP contribution in [0.4, 0.5) is 10.1 Å². The quantitative estimate of drug-likeness (QED) is 0.863. The van der Waals surface area contributed by atoms with Crippen LogP contribution < -0.4 is 10.6 Å². The van der Waals surface area contributed by atoms with Gasteiger partial charge in [-0.25, -0.2) is 4.39 Å². The predicted molar refractivity (Wildman–Crippen MR) is 65.8 cm³/mol. The summed E-state index contributed by atoms with van der Waals surface area (Å²) in [7, 11) is 0. The Morgan fingerprint density at radius 3 is 2.89 bits per heavy atom. The van der Waals surface area contributed by atoms with Gasteiger partial charge in [-0.3, -0.25) is 9.59 Å². The molecule has 1 aliphatic rings. The van der Waals surface area contributed by atoms with Crippen molar-refractivity contribution in [1.29, 1.82) is 0 Å². The van der Waals surface area contributed by atoms with Crippen LogP contribution >= 0.6 is 11.6 Å². The molecular weight excluding hydrogens is 259 g/mol. The van der Waals surface area contributed by atoms with Gasteiger partial charge in [0, 0.05) is 13.0 Å². The molecule has 1 aliphatic heterocycles. The molecule has 6 heteroatoms. The monoisotopic (exact) mass is 270 g/mol. The Morgan fingerprint density at radius 2 is 2.28 bits per heavy atom. The van der Waals surface area contributed by atoms with Crippen LogP contribution in [0.15, 0.2) is 18.2 Å². The Labute approximate surface area is 109 Å². The standard InChI is InChI=1S/C12H12ClFN2O2/c13-9-5-8(14)2-3-10(9)16-12(18)7-1-4-11(17)15-6-7/h2-3,5,7H,1,4,6H2,(H,15,17)(H,16,18). The number of halogens is 2. The first-order chi connectivity index (χ1) is 8.56. The van der Waals surface area contributed by atoms with Crippen molar-refractivity contribution in [1.82, 2.24) is 5.32 Å². The Morgan fingerprint density at radius 1 is 1.50 bits per heavy atom. The Bertz CT molecular complexity index is 483. The largest absolute Gasteiger partial charge is 0.355 e. The molecule has 2 N–H and O–H groups in total. The molecular formula is C12H12ClFN2O2. The zero-order valence-corrected chi connectivity index (χ0v) is 10.3. The highest BCUT2D eigenvalue weighted by Crippen LogP contribution is 2.23. The summed E-state index contributed by atoms with van der Waals surface area (Å²) in [5, 5.41) is 5.42. The van der Waals surface area contributed by atoms with Crippen LogP contribution in [-0.4, -0.2) is 18.4 Å². The van der Waals surface area contributed by atoms with Gasteiger partial charge in [0.15, 0.2) is 0 Å². The third kappa shape index (κ3) is 2.98.